The highest BCUT2D eigenvalue weighted by Gasteiger charge is 2.21. The van der Waals surface area contributed by atoms with Gasteiger partial charge in [-0.25, -0.2) is 9.97 Å². The second kappa shape index (κ2) is 9.36. The normalized spacial score (nSPS) is 14.0. The van der Waals surface area contributed by atoms with Gasteiger partial charge in [0.25, 0.3) is 5.91 Å². The van der Waals surface area contributed by atoms with Gasteiger partial charge >= 0.3 is 0 Å². The second-order valence-corrected chi connectivity index (χ2v) is 8.50. The van der Waals surface area contributed by atoms with Gasteiger partial charge in [-0.05, 0) is 31.0 Å². The van der Waals surface area contributed by atoms with Crippen LogP contribution in [0.1, 0.15) is 34.1 Å². The Hall–Kier alpha value is -2.77. The van der Waals surface area contributed by atoms with Crippen molar-refractivity contribution in [3.63, 3.8) is 0 Å². The standard InChI is InChI=1S/C23H26N4O2S/c1-3-5-17-7-9-18(10-8-17)20-16(2)30-23(25-20)26-22(28)19-6-4-11-24-21(19)27-12-14-29-15-13-27/h4,6-11H,3,5,12-15H2,1-2H3,(H,25,26,28). The van der Waals surface area contributed by atoms with Crippen LogP contribution in [0.5, 0.6) is 0 Å². The van der Waals surface area contributed by atoms with E-state index >= 15 is 0 Å². The first-order valence-corrected chi connectivity index (χ1v) is 11.1. The molecule has 0 unspecified atom stereocenters. The van der Waals surface area contributed by atoms with Crippen LogP contribution in [0.15, 0.2) is 42.6 Å². The topological polar surface area (TPSA) is 67.4 Å². The van der Waals surface area contributed by atoms with Crippen LogP contribution in [0.2, 0.25) is 0 Å². The minimum Gasteiger partial charge on any atom is -0.378 e. The van der Waals surface area contributed by atoms with E-state index in [1.165, 1.54) is 16.9 Å². The van der Waals surface area contributed by atoms with Crippen LogP contribution in [0.3, 0.4) is 0 Å². The van der Waals surface area contributed by atoms with E-state index in [4.69, 9.17) is 9.72 Å². The lowest BCUT2D eigenvalue weighted by Crippen LogP contribution is -2.38. The second-order valence-electron chi connectivity index (χ2n) is 7.30. The van der Waals surface area contributed by atoms with Crippen molar-refractivity contribution in [1.82, 2.24) is 9.97 Å². The Morgan fingerprint density at radius 3 is 2.70 bits per heavy atom. The molecule has 0 bridgehead atoms. The average Bonchev–Trinajstić information content (AvgIpc) is 3.15. The number of hydrogen-bond donors (Lipinski definition) is 1. The summed E-state index contributed by atoms with van der Waals surface area (Å²) in [6.45, 7) is 6.96. The minimum atomic E-state index is -0.191. The van der Waals surface area contributed by atoms with E-state index in [9.17, 15) is 4.79 Å². The van der Waals surface area contributed by atoms with Gasteiger partial charge < -0.3 is 9.64 Å². The van der Waals surface area contributed by atoms with Crippen molar-refractivity contribution in [3.8, 4) is 11.3 Å². The number of nitrogens with one attached hydrogen (secondary N) is 1. The molecule has 1 amide bonds. The molecular formula is C23H26N4O2S. The molecule has 1 aliphatic rings. The number of ether oxygens (including phenoxy) is 1. The lowest BCUT2D eigenvalue weighted by molar-refractivity contribution is 0.102. The smallest absolute Gasteiger partial charge is 0.261 e. The molecule has 1 aromatic carbocycles. The fourth-order valence-corrected chi connectivity index (χ4v) is 4.43. The Bertz CT molecular complexity index is 1010. The molecule has 156 valence electrons. The summed E-state index contributed by atoms with van der Waals surface area (Å²) in [4.78, 5) is 25.3. The minimum absolute atomic E-state index is 0.191. The molecule has 1 fully saturated rings. The van der Waals surface area contributed by atoms with Gasteiger partial charge in [-0.15, -0.1) is 11.3 Å². The van der Waals surface area contributed by atoms with Gasteiger partial charge in [0.2, 0.25) is 0 Å². The summed E-state index contributed by atoms with van der Waals surface area (Å²) in [5.74, 6) is 0.501. The lowest BCUT2D eigenvalue weighted by Gasteiger charge is -2.29. The Morgan fingerprint density at radius 1 is 1.20 bits per heavy atom. The summed E-state index contributed by atoms with van der Waals surface area (Å²) in [7, 11) is 0. The molecule has 1 saturated heterocycles. The highest BCUT2D eigenvalue weighted by molar-refractivity contribution is 7.16. The zero-order valence-corrected chi connectivity index (χ0v) is 18.2. The van der Waals surface area contributed by atoms with E-state index in [2.05, 4.69) is 46.4 Å². The summed E-state index contributed by atoms with van der Waals surface area (Å²) < 4.78 is 5.42. The number of aromatic nitrogens is 2. The lowest BCUT2D eigenvalue weighted by atomic mass is 10.1. The molecule has 0 aliphatic carbocycles. The zero-order valence-electron chi connectivity index (χ0n) is 17.4. The summed E-state index contributed by atoms with van der Waals surface area (Å²) in [6, 6.07) is 12.1. The largest absolute Gasteiger partial charge is 0.378 e. The van der Waals surface area contributed by atoms with Gasteiger partial charge in [0, 0.05) is 29.7 Å². The molecule has 1 N–H and O–H groups in total. The van der Waals surface area contributed by atoms with Crippen LogP contribution in [0.25, 0.3) is 11.3 Å². The highest BCUT2D eigenvalue weighted by atomic mass is 32.1. The van der Waals surface area contributed by atoms with Gasteiger partial charge in [0.1, 0.15) is 5.82 Å². The predicted molar refractivity (Wildman–Crippen MR) is 122 cm³/mol. The van der Waals surface area contributed by atoms with Crippen LogP contribution < -0.4 is 10.2 Å². The summed E-state index contributed by atoms with van der Waals surface area (Å²) in [5, 5.41) is 3.57. The summed E-state index contributed by atoms with van der Waals surface area (Å²) in [5.41, 5.74) is 3.87. The molecular weight excluding hydrogens is 396 g/mol. The highest BCUT2D eigenvalue weighted by Crippen LogP contribution is 2.31. The summed E-state index contributed by atoms with van der Waals surface area (Å²) in [6.07, 6.45) is 3.93. The molecule has 6 nitrogen and oxygen atoms in total. The number of morpholine rings is 1. The van der Waals surface area contributed by atoms with E-state index in [-0.39, 0.29) is 5.91 Å². The van der Waals surface area contributed by atoms with E-state index in [1.54, 1.807) is 18.3 Å². The first-order chi connectivity index (χ1) is 14.7. The number of aryl methyl sites for hydroxylation is 2. The molecule has 0 radical (unpaired) electrons. The van der Waals surface area contributed by atoms with Crippen molar-refractivity contribution < 1.29 is 9.53 Å². The van der Waals surface area contributed by atoms with Crippen molar-refractivity contribution in [2.45, 2.75) is 26.7 Å². The molecule has 2 aromatic heterocycles. The monoisotopic (exact) mass is 422 g/mol. The van der Waals surface area contributed by atoms with Gasteiger partial charge in [0.15, 0.2) is 5.13 Å². The molecule has 30 heavy (non-hydrogen) atoms. The number of amides is 1. The number of rotatable bonds is 6. The van der Waals surface area contributed by atoms with Crippen LogP contribution in [0.4, 0.5) is 10.9 Å². The number of nitrogens with zero attached hydrogens (tertiary/aromatic N) is 3. The Kier molecular flexibility index (Phi) is 6.40. The third-order valence-electron chi connectivity index (χ3n) is 5.13. The molecule has 0 atom stereocenters. The third-order valence-corrected chi connectivity index (χ3v) is 6.01. The molecule has 4 rings (SSSR count). The molecule has 0 spiro atoms. The number of benzene rings is 1. The maximum Gasteiger partial charge on any atom is 0.261 e. The van der Waals surface area contributed by atoms with Crippen LogP contribution in [-0.4, -0.2) is 42.2 Å². The van der Waals surface area contributed by atoms with E-state index in [0.29, 0.717) is 29.7 Å². The van der Waals surface area contributed by atoms with Gasteiger partial charge in [-0.2, -0.15) is 0 Å². The zero-order chi connectivity index (χ0) is 20.9. The van der Waals surface area contributed by atoms with Crippen molar-refractivity contribution in [2.24, 2.45) is 0 Å². The maximum atomic E-state index is 13.0. The van der Waals surface area contributed by atoms with Gasteiger partial charge in [-0.1, -0.05) is 37.6 Å². The van der Waals surface area contributed by atoms with E-state index in [1.807, 2.05) is 6.92 Å². The quantitative estimate of drug-likeness (QED) is 0.631. The van der Waals surface area contributed by atoms with E-state index in [0.717, 1.165) is 42.1 Å². The number of carbonyl (C=O) groups is 1. The molecule has 7 heteroatoms. The first-order valence-electron chi connectivity index (χ1n) is 10.3. The number of anilines is 2. The van der Waals surface area contributed by atoms with Crippen LogP contribution in [0, 0.1) is 6.92 Å². The maximum absolute atomic E-state index is 13.0. The number of hydrogen-bond acceptors (Lipinski definition) is 6. The first kappa shape index (κ1) is 20.5. The average molecular weight is 423 g/mol. The van der Waals surface area contributed by atoms with Gasteiger partial charge in [-0.3, -0.25) is 10.1 Å². The fraction of sp³-hybridized carbons (Fsp3) is 0.348. The van der Waals surface area contributed by atoms with E-state index < -0.39 is 0 Å². The van der Waals surface area contributed by atoms with Crippen LogP contribution in [-0.2, 0) is 11.2 Å². The molecule has 3 aromatic rings. The molecule has 3 heterocycles. The van der Waals surface area contributed by atoms with Crippen molar-refractivity contribution in [1.29, 1.82) is 0 Å². The Morgan fingerprint density at radius 2 is 1.97 bits per heavy atom. The van der Waals surface area contributed by atoms with Gasteiger partial charge in [0.05, 0.1) is 24.5 Å². The number of thiazole rings is 1. The number of carbonyl (C=O) groups excluding carboxylic acids is 1. The fourth-order valence-electron chi connectivity index (χ4n) is 3.60. The van der Waals surface area contributed by atoms with Crippen molar-refractivity contribution >= 4 is 28.2 Å². The van der Waals surface area contributed by atoms with Crippen LogP contribution >= 0.6 is 11.3 Å². The molecule has 1 aliphatic heterocycles. The SMILES string of the molecule is CCCc1ccc(-c2nc(NC(=O)c3cccnc3N3CCOCC3)sc2C)cc1. The number of pyridine rings is 1. The Labute approximate surface area is 180 Å². The van der Waals surface area contributed by atoms with Crippen molar-refractivity contribution in [2.75, 3.05) is 36.5 Å². The predicted octanol–water partition coefficient (Wildman–Crippen LogP) is 4.55. The third kappa shape index (κ3) is 4.52. The summed E-state index contributed by atoms with van der Waals surface area (Å²) >= 11 is 1.49. The Balaban J connectivity index is 1.53. The molecule has 0 saturated carbocycles. The van der Waals surface area contributed by atoms with Crippen molar-refractivity contribution in [3.05, 3.63) is 58.6 Å².